The van der Waals surface area contributed by atoms with Crippen LogP contribution in [0.3, 0.4) is 0 Å². The van der Waals surface area contributed by atoms with Crippen LogP contribution in [0.15, 0.2) is 24.5 Å². The van der Waals surface area contributed by atoms with Gasteiger partial charge < -0.3 is 20.7 Å². The molecular weight excluding hydrogens is 455 g/mol. The lowest BCUT2D eigenvalue weighted by Gasteiger charge is -2.25. The third-order valence-electron chi connectivity index (χ3n) is 4.66. The molecule has 0 aliphatic carbocycles. The van der Waals surface area contributed by atoms with Crippen LogP contribution >= 0.6 is 11.6 Å². The van der Waals surface area contributed by atoms with Crippen molar-refractivity contribution < 1.29 is 32.3 Å². The number of nitrogens with two attached hydrogens (primary N) is 1. The number of carbonyl (C=O) groups excluding carboxylic acids is 3. The van der Waals surface area contributed by atoms with Crippen molar-refractivity contribution in [3.8, 4) is 5.88 Å². The van der Waals surface area contributed by atoms with Crippen molar-refractivity contribution in [3.63, 3.8) is 0 Å². The van der Waals surface area contributed by atoms with Gasteiger partial charge in [-0.3, -0.25) is 19.4 Å². The van der Waals surface area contributed by atoms with Crippen LogP contribution in [0.2, 0.25) is 5.02 Å². The number of halogens is 4. The zero-order valence-corrected chi connectivity index (χ0v) is 17.3. The van der Waals surface area contributed by atoms with Crippen molar-refractivity contribution >= 4 is 29.3 Å². The number of nitrogens with zero attached hydrogens (tertiary/aromatic N) is 3. The van der Waals surface area contributed by atoms with E-state index in [9.17, 15) is 27.6 Å². The Morgan fingerprint density at radius 3 is 2.72 bits per heavy atom. The molecule has 0 fully saturated rings. The highest BCUT2D eigenvalue weighted by atomic mass is 35.5. The quantitative estimate of drug-likeness (QED) is 0.635. The van der Waals surface area contributed by atoms with Crippen molar-refractivity contribution in [2.45, 2.75) is 25.7 Å². The number of pyridine rings is 2. The lowest BCUT2D eigenvalue weighted by molar-refractivity contribution is -0.154. The van der Waals surface area contributed by atoms with Crippen molar-refractivity contribution in [1.82, 2.24) is 20.2 Å². The Morgan fingerprint density at radius 2 is 2.09 bits per heavy atom. The maximum atomic E-state index is 12.9. The van der Waals surface area contributed by atoms with Gasteiger partial charge >= 0.3 is 6.18 Å². The second-order valence-electron chi connectivity index (χ2n) is 6.90. The average molecular weight is 472 g/mol. The molecule has 3 amide bonds. The highest BCUT2D eigenvalue weighted by molar-refractivity contribution is 6.31. The largest absolute Gasteiger partial charge is 0.467 e. The van der Waals surface area contributed by atoms with E-state index in [1.165, 1.54) is 29.4 Å². The minimum atomic E-state index is -4.54. The fourth-order valence-corrected chi connectivity index (χ4v) is 3.34. The lowest BCUT2D eigenvalue weighted by atomic mass is 10.1. The predicted octanol–water partition coefficient (Wildman–Crippen LogP) is 2.00. The van der Waals surface area contributed by atoms with Crippen molar-refractivity contribution in [2.75, 3.05) is 13.2 Å². The van der Waals surface area contributed by atoms with Crippen LogP contribution in [0.1, 0.15) is 44.9 Å². The maximum Gasteiger partial charge on any atom is 0.422 e. The summed E-state index contributed by atoms with van der Waals surface area (Å²) in [5, 5.41) is 2.19. The summed E-state index contributed by atoms with van der Waals surface area (Å²) in [5.41, 5.74) is 6.09. The van der Waals surface area contributed by atoms with Crippen molar-refractivity contribution in [1.29, 1.82) is 0 Å². The first-order valence-corrected chi connectivity index (χ1v) is 9.56. The topological polar surface area (TPSA) is 128 Å². The lowest BCUT2D eigenvalue weighted by Crippen LogP contribution is -2.34. The normalized spacial score (nSPS) is 14.2. The molecule has 1 aliphatic rings. The van der Waals surface area contributed by atoms with Gasteiger partial charge in [-0.15, -0.1) is 0 Å². The molecule has 2 aromatic heterocycles. The zero-order valence-electron chi connectivity index (χ0n) is 16.6. The van der Waals surface area contributed by atoms with Crippen LogP contribution in [0, 0.1) is 0 Å². The number of nitrogens with one attached hydrogen (secondary N) is 1. The van der Waals surface area contributed by atoms with Gasteiger partial charge in [-0.25, -0.2) is 4.98 Å². The second kappa shape index (κ2) is 8.99. The number of alkyl halides is 3. The van der Waals surface area contributed by atoms with Gasteiger partial charge in [0.1, 0.15) is 10.7 Å². The van der Waals surface area contributed by atoms with Gasteiger partial charge in [0.05, 0.1) is 12.6 Å². The molecule has 0 bridgehead atoms. The first kappa shape index (κ1) is 23.3. The van der Waals surface area contributed by atoms with E-state index in [1.807, 2.05) is 0 Å². The molecular formula is C19H17ClF3N5O4. The molecule has 32 heavy (non-hydrogen) atoms. The molecule has 2 aromatic rings. The summed E-state index contributed by atoms with van der Waals surface area (Å²) >= 11 is 6.00. The molecule has 0 saturated carbocycles. The Morgan fingerprint density at radius 1 is 1.38 bits per heavy atom. The molecule has 1 aliphatic heterocycles. The standard InChI is InChI=1S/C19H17ClF3N5O4/c1-9(10-4-13(20)17(27-5-10)32-8-19(21,22)23)28-7-12-11(18(28)31)2-3-25-15(12)16(30)26-6-14(24)29/h2-5,9H,6-8H2,1H3,(H2,24,29)(H,26,30). The van der Waals surface area contributed by atoms with E-state index < -0.39 is 30.6 Å². The van der Waals surface area contributed by atoms with Gasteiger partial charge in [0.25, 0.3) is 11.8 Å². The first-order chi connectivity index (χ1) is 15.0. The molecule has 170 valence electrons. The molecule has 3 heterocycles. The molecule has 0 saturated heterocycles. The summed E-state index contributed by atoms with van der Waals surface area (Å²) < 4.78 is 41.6. The van der Waals surface area contributed by atoms with Gasteiger partial charge in [0, 0.05) is 30.1 Å². The number of rotatable bonds is 7. The van der Waals surface area contributed by atoms with Gasteiger partial charge in [0.2, 0.25) is 11.8 Å². The zero-order chi connectivity index (χ0) is 23.6. The number of primary amides is 1. The fraction of sp³-hybridized carbons (Fsp3) is 0.316. The second-order valence-corrected chi connectivity index (χ2v) is 7.31. The molecule has 0 aromatic carbocycles. The van der Waals surface area contributed by atoms with Crippen LogP contribution in [0.25, 0.3) is 0 Å². The van der Waals surface area contributed by atoms with E-state index in [-0.39, 0.29) is 41.2 Å². The summed E-state index contributed by atoms with van der Waals surface area (Å²) in [5.74, 6) is -2.15. The van der Waals surface area contributed by atoms with E-state index in [0.29, 0.717) is 11.1 Å². The van der Waals surface area contributed by atoms with Crippen LogP contribution in [0.5, 0.6) is 5.88 Å². The highest BCUT2D eigenvalue weighted by Crippen LogP contribution is 2.34. The van der Waals surface area contributed by atoms with Crippen LogP contribution < -0.4 is 15.8 Å². The van der Waals surface area contributed by atoms with Gasteiger partial charge in [-0.2, -0.15) is 13.2 Å². The number of aromatic nitrogens is 2. The van der Waals surface area contributed by atoms with E-state index in [2.05, 4.69) is 20.0 Å². The first-order valence-electron chi connectivity index (χ1n) is 9.18. The van der Waals surface area contributed by atoms with Crippen LogP contribution in [0.4, 0.5) is 13.2 Å². The predicted molar refractivity (Wildman–Crippen MR) is 105 cm³/mol. The van der Waals surface area contributed by atoms with E-state index in [4.69, 9.17) is 17.3 Å². The SMILES string of the molecule is CC(c1cnc(OCC(F)(F)F)c(Cl)c1)N1Cc2c(ccnc2C(=O)NCC(N)=O)C1=O. The third-order valence-corrected chi connectivity index (χ3v) is 4.94. The Kier molecular flexibility index (Phi) is 6.53. The Hall–Kier alpha value is -3.41. The number of amides is 3. The summed E-state index contributed by atoms with van der Waals surface area (Å²) in [4.78, 5) is 45.4. The molecule has 3 rings (SSSR count). The summed E-state index contributed by atoms with van der Waals surface area (Å²) in [6, 6.07) is 2.24. The minimum absolute atomic E-state index is 0.0149. The molecule has 3 N–H and O–H groups in total. The number of hydrogen-bond donors (Lipinski definition) is 2. The smallest absolute Gasteiger partial charge is 0.422 e. The van der Waals surface area contributed by atoms with E-state index in [1.54, 1.807) is 6.92 Å². The fourth-order valence-electron chi connectivity index (χ4n) is 3.11. The van der Waals surface area contributed by atoms with Gasteiger partial charge in [0.15, 0.2) is 6.61 Å². The highest BCUT2D eigenvalue weighted by Gasteiger charge is 2.35. The van der Waals surface area contributed by atoms with Crippen molar-refractivity contribution in [3.05, 3.63) is 51.9 Å². The monoisotopic (exact) mass is 471 g/mol. The van der Waals surface area contributed by atoms with Gasteiger partial charge in [-0.1, -0.05) is 11.6 Å². The van der Waals surface area contributed by atoms with Crippen molar-refractivity contribution in [2.24, 2.45) is 5.73 Å². The van der Waals surface area contributed by atoms with Crippen LogP contribution in [-0.4, -0.2) is 51.9 Å². The number of hydrogen-bond acceptors (Lipinski definition) is 6. The van der Waals surface area contributed by atoms with E-state index >= 15 is 0 Å². The Labute approximate surface area is 184 Å². The third kappa shape index (κ3) is 5.07. The molecule has 1 unspecified atom stereocenters. The summed E-state index contributed by atoms with van der Waals surface area (Å²) in [7, 11) is 0. The maximum absolute atomic E-state index is 12.9. The molecule has 0 spiro atoms. The Balaban J connectivity index is 1.79. The summed E-state index contributed by atoms with van der Waals surface area (Å²) in [6.07, 6.45) is -1.98. The molecule has 0 radical (unpaired) electrons. The molecule has 1 atom stereocenters. The number of carbonyl (C=O) groups is 3. The molecule has 9 nitrogen and oxygen atoms in total. The molecule has 13 heteroatoms. The van der Waals surface area contributed by atoms with E-state index in [0.717, 1.165) is 0 Å². The summed E-state index contributed by atoms with van der Waals surface area (Å²) in [6.45, 7) is -0.215. The Bertz CT molecular complexity index is 1080. The van der Waals surface area contributed by atoms with Gasteiger partial charge in [-0.05, 0) is 24.6 Å². The minimum Gasteiger partial charge on any atom is -0.467 e. The number of ether oxygens (including phenoxy) is 1. The van der Waals surface area contributed by atoms with Crippen LogP contribution in [-0.2, 0) is 11.3 Å². The number of fused-ring (bicyclic) bond motifs is 1. The average Bonchev–Trinajstić information content (AvgIpc) is 3.06.